The van der Waals surface area contributed by atoms with Crippen LogP contribution in [0.4, 0.5) is 0 Å². The lowest BCUT2D eigenvalue weighted by atomic mass is 10.2. The van der Waals surface area contributed by atoms with Gasteiger partial charge in [-0.25, -0.2) is 4.68 Å². The molecule has 6 heteroatoms. The number of aromatic nitrogens is 2. The number of hydrogen-bond donors (Lipinski definition) is 1. The van der Waals surface area contributed by atoms with E-state index in [0.717, 1.165) is 16.5 Å². The van der Waals surface area contributed by atoms with Gasteiger partial charge in [0.2, 0.25) is 0 Å². The molecule has 0 bridgehead atoms. The van der Waals surface area contributed by atoms with Crippen LogP contribution in [0.1, 0.15) is 12.0 Å². The molecule has 0 aliphatic rings. The summed E-state index contributed by atoms with van der Waals surface area (Å²) in [5, 5.41) is 4.11. The average molecular weight is 338 g/mol. The molecule has 1 aromatic carbocycles. The van der Waals surface area contributed by atoms with Gasteiger partial charge in [0.15, 0.2) is 0 Å². The fourth-order valence-electron chi connectivity index (χ4n) is 1.65. The lowest BCUT2D eigenvalue weighted by molar-refractivity contribution is 0.309. The molecule has 20 heavy (non-hydrogen) atoms. The Kier molecular flexibility index (Phi) is 5.31. The number of nitrogens with zero attached hydrogens (tertiary/aromatic N) is 2. The molecular formula is C14H16BrN3O2. The van der Waals surface area contributed by atoms with Crippen LogP contribution in [-0.4, -0.2) is 22.9 Å². The number of hydrogen-bond acceptors (Lipinski definition) is 4. The average Bonchev–Trinajstić information content (AvgIpc) is 2.44. The highest BCUT2D eigenvalue weighted by molar-refractivity contribution is 9.10. The zero-order valence-corrected chi connectivity index (χ0v) is 12.5. The second-order valence-electron chi connectivity index (χ2n) is 4.30. The molecule has 0 unspecified atom stereocenters. The van der Waals surface area contributed by atoms with Gasteiger partial charge in [0.25, 0.3) is 5.56 Å². The van der Waals surface area contributed by atoms with Gasteiger partial charge in [-0.3, -0.25) is 4.79 Å². The summed E-state index contributed by atoms with van der Waals surface area (Å²) in [6.45, 7) is 1.50. The molecule has 2 aromatic rings. The van der Waals surface area contributed by atoms with Crippen molar-refractivity contribution >= 4 is 15.9 Å². The summed E-state index contributed by atoms with van der Waals surface area (Å²) in [5.41, 5.74) is 6.21. The first-order chi connectivity index (χ1) is 9.69. The Bertz CT molecular complexity index is 611. The van der Waals surface area contributed by atoms with Crippen LogP contribution in [0, 0.1) is 0 Å². The maximum Gasteiger partial charge on any atom is 0.270 e. The summed E-state index contributed by atoms with van der Waals surface area (Å²) >= 11 is 3.38. The van der Waals surface area contributed by atoms with E-state index in [1.54, 1.807) is 6.20 Å². The van der Waals surface area contributed by atoms with Crippen molar-refractivity contribution in [3.05, 3.63) is 56.9 Å². The molecule has 2 N–H and O–H groups in total. The Morgan fingerprint density at radius 2 is 2.05 bits per heavy atom. The van der Waals surface area contributed by atoms with Gasteiger partial charge >= 0.3 is 0 Å². The molecular weight excluding hydrogens is 322 g/mol. The van der Waals surface area contributed by atoms with E-state index in [1.807, 2.05) is 24.3 Å². The first-order valence-corrected chi connectivity index (χ1v) is 7.13. The van der Waals surface area contributed by atoms with Gasteiger partial charge in [0.05, 0.1) is 19.3 Å². The zero-order valence-electron chi connectivity index (χ0n) is 11.0. The van der Waals surface area contributed by atoms with E-state index in [9.17, 15) is 4.79 Å². The smallest absolute Gasteiger partial charge is 0.270 e. The number of nitrogens with two attached hydrogens (primary N) is 1. The Balaban J connectivity index is 2.06. The molecule has 0 fully saturated rings. The fraction of sp³-hybridized carbons (Fsp3) is 0.286. The van der Waals surface area contributed by atoms with Crippen LogP contribution >= 0.6 is 15.9 Å². The molecule has 0 amide bonds. The number of halogens is 1. The van der Waals surface area contributed by atoms with Crippen LogP contribution in [-0.2, 0) is 6.54 Å². The Hall–Kier alpha value is -1.66. The minimum absolute atomic E-state index is 0.182. The molecule has 1 aromatic heterocycles. The monoisotopic (exact) mass is 337 g/mol. The number of rotatable bonds is 6. The molecule has 0 radical (unpaired) electrons. The van der Waals surface area contributed by atoms with Crippen molar-refractivity contribution in [1.29, 1.82) is 0 Å². The Morgan fingerprint density at radius 1 is 1.30 bits per heavy atom. The second-order valence-corrected chi connectivity index (χ2v) is 5.22. The maximum absolute atomic E-state index is 11.9. The molecule has 2 rings (SSSR count). The lowest BCUT2D eigenvalue weighted by Crippen LogP contribution is -2.22. The third-order valence-electron chi connectivity index (χ3n) is 2.71. The summed E-state index contributed by atoms with van der Waals surface area (Å²) in [6, 6.07) is 9.21. The van der Waals surface area contributed by atoms with Crippen molar-refractivity contribution in [2.75, 3.05) is 13.2 Å². The van der Waals surface area contributed by atoms with Crippen LogP contribution in [0.15, 0.2) is 45.8 Å². The van der Waals surface area contributed by atoms with Gasteiger partial charge in [0, 0.05) is 10.5 Å². The molecule has 0 spiro atoms. The predicted molar refractivity (Wildman–Crippen MR) is 80.9 cm³/mol. The zero-order chi connectivity index (χ0) is 14.4. The predicted octanol–water partition coefficient (Wildman–Crippen LogP) is 1.78. The highest BCUT2D eigenvalue weighted by atomic mass is 79.9. The minimum atomic E-state index is -0.182. The van der Waals surface area contributed by atoms with E-state index < -0.39 is 0 Å². The van der Waals surface area contributed by atoms with Crippen LogP contribution in [0.25, 0.3) is 0 Å². The summed E-state index contributed by atoms with van der Waals surface area (Å²) in [7, 11) is 0. The van der Waals surface area contributed by atoms with Crippen LogP contribution in [0.2, 0.25) is 0 Å². The van der Waals surface area contributed by atoms with E-state index in [-0.39, 0.29) is 5.56 Å². The Labute approximate surface area is 125 Å². The fourth-order valence-corrected chi connectivity index (χ4v) is 1.92. The third-order valence-corrected chi connectivity index (χ3v) is 3.24. The summed E-state index contributed by atoms with van der Waals surface area (Å²) in [5.74, 6) is 0.482. The van der Waals surface area contributed by atoms with Gasteiger partial charge in [-0.2, -0.15) is 5.10 Å². The molecule has 0 atom stereocenters. The van der Waals surface area contributed by atoms with Crippen molar-refractivity contribution < 1.29 is 4.74 Å². The lowest BCUT2D eigenvalue weighted by Gasteiger charge is -2.07. The molecule has 0 aliphatic heterocycles. The molecule has 1 heterocycles. The Morgan fingerprint density at radius 3 is 2.70 bits per heavy atom. The largest absolute Gasteiger partial charge is 0.492 e. The van der Waals surface area contributed by atoms with Crippen molar-refractivity contribution in [3.63, 3.8) is 0 Å². The normalized spacial score (nSPS) is 10.5. The summed E-state index contributed by atoms with van der Waals surface area (Å²) < 4.78 is 7.79. The van der Waals surface area contributed by atoms with Gasteiger partial charge in [-0.1, -0.05) is 28.1 Å². The van der Waals surface area contributed by atoms with Crippen LogP contribution < -0.4 is 16.0 Å². The maximum atomic E-state index is 11.9. The van der Waals surface area contributed by atoms with Crippen LogP contribution in [0.5, 0.6) is 5.75 Å². The van der Waals surface area contributed by atoms with Gasteiger partial charge in [-0.05, 0) is 30.7 Å². The van der Waals surface area contributed by atoms with Gasteiger partial charge in [0.1, 0.15) is 5.75 Å². The summed E-state index contributed by atoms with van der Waals surface area (Å²) in [4.78, 5) is 11.9. The first-order valence-electron chi connectivity index (χ1n) is 6.33. The van der Waals surface area contributed by atoms with E-state index in [4.69, 9.17) is 10.5 Å². The van der Waals surface area contributed by atoms with Crippen LogP contribution in [0.3, 0.4) is 0 Å². The van der Waals surface area contributed by atoms with Crippen molar-refractivity contribution in [2.45, 2.75) is 13.0 Å². The highest BCUT2D eigenvalue weighted by Gasteiger charge is 2.02. The third kappa shape index (κ3) is 4.18. The second kappa shape index (κ2) is 7.21. The topological polar surface area (TPSA) is 70.1 Å². The van der Waals surface area contributed by atoms with Gasteiger partial charge in [-0.15, -0.1) is 0 Å². The van der Waals surface area contributed by atoms with Crippen molar-refractivity contribution in [2.24, 2.45) is 5.73 Å². The quantitative estimate of drug-likeness (QED) is 0.815. The highest BCUT2D eigenvalue weighted by Crippen LogP contribution is 2.11. The molecule has 0 aliphatic carbocycles. The van der Waals surface area contributed by atoms with E-state index in [1.165, 1.54) is 10.7 Å². The molecule has 0 saturated heterocycles. The van der Waals surface area contributed by atoms with E-state index in [0.29, 0.717) is 25.4 Å². The van der Waals surface area contributed by atoms with E-state index in [2.05, 4.69) is 21.0 Å². The number of benzene rings is 1. The SMILES string of the molecule is NCCCOc1cnn(Cc2ccc(Br)cc2)c(=O)c1. The first kappa shape index (κ1) is 14.7. The molecule has 0 saturated carbocycles. The molecule has 5 nitrogen and oxygen atoms in total. The van der Waals surface area contributed by atoms with E-state index >= 15 is 0 Å². The van der Waals surface area contributed by atoms with Crippen molar-refractivity contribution in [3.8, 4) is 5.75 Å². The number of ether oxygens (including phenoxy) is 1. The molecule has 106 valence electrons. The van der Waals surface area contributed by atoms with Gasteiger partial charge < -0.3 is 10.5 Å². The standard InChI is InChI=1S/C14H16BrN3O2/c15-12-4-2-11(3-5-12)10-18-14(19)8-13(9-17-18)20-7-1-6-16/h2-5,8-9H,1,6-7,10,16H2. The van der Waals surface area contributed by atoms with Crippen molar-refractivity contribution in [1.82, 2.24) is 9.78 Å². The minimum Gasteiger partial charge on any atom is -0.492 e. The summed E-state index contributed by atoms with van der Waals surface area (Å²) in [6.07, 6.45) is 2.30.